The van der Waals surface area contributed by atoms with Crippen molar-refractivity contribution in [1.82, 2.24) is 4.90 Å². The minimum Gasteiger partial charge on any atom is -0.493 e. The second kappa shape index (κ2) is 9.95. The molecule has 0 unspecified atom stereocenters. The van der Waals surface area contributed by atoms with Gasteiger partial charge < -0.3 is 15.4 Å². The van der Waals surface area contributed by atoms with Crippen molar-refractivity contribution < 1.29 is 18.7 Å². The third kappa shape index (κ3) is 5.07. The van der Waals surface area contributed by atoms with Crippen LogP contribution in [0.3, 0.4) is 0 Å². The smallest absolute Gasteiger partial charge is 0.233 e. The topological polar surface area (TPSA) is 72.6 Å². The zero-order chi connectivity index (χ0) is 24.3. The molecule has 1 heterocycles. The minimum absolute atomic E-state index is 0.0625. The van der Waals surface area contributed by atoms with Crippen LogP contribution in [0.5, 0.6) is 5.75 Å². The predicted molar refractivity (Wildman–Crippen MR) is 130 cm³/mol. The largest absolute Gasteiger partial charge is 0.493 e. The number of aryl methyl sites for hydroxylation is 1. The molecule has 0 spiro atoms. The molecule has 0 aromatic heterocycles. The Hall–Kier alpha value is -2.60. The minimum atomic E-state index is -0.641. The summed E-state index contributed by atoms with van der Waals surface area (Å²) in [5.41, 5.74) is 6.22. The maximum absolute atomic E-state index is 14.0. The van der Waals surface area contributed by atoms with Gasteiger partial charge in [-0.2, -0.15) is 0 Å². The highest BCUT2D eigenvalue weighted by Gasteiger charge is 2.48. The van der Waals surface area contributed by atoms with Gasteiger partial charge in [-0.3, -0.25) is 9.59 Å². The summed E-state index contributed by atoms with van der Waals surface area (Å²) < 4.78 is 19.7. The molecule has 7 heteroatoms. The molecule has 4 rings (SSSR count). The molecule has 5 nitrogen and oxygen atoms in total. The molecule has 1 aliphatic carbocycles. The van der Waals surface area contributed by atoms with Crippen molar-refractivity contribution in [2.75, 3.05) is 19.7 Å². The van der Waals surface area contributed by atoms with Gasteiger partial charge in [0.05, 0.1) is 12.0 Å². The molecule has 182 valence electrons. The highest BCUT2D eigenvalue weighted by molar-refractivity contribution is 6.31. The first-order chi connectivity index (χ1) is 16.2. The van der Waals surface area contributed by atoms with E-state index in [1.165, 1.54) is 12.1 Å². The van der Waals surface area contributed by atoms with E-state index >= 15 is 0 Å². The van der Waals surface area contributed by atoms with Crippen molar-refractivity contribution in [3.63, 3.8) is 0 Å². The number of primary amides is 1. The van der Waals surface area contributed by atoms with Crippen LogP contribution in [0.1, 0.15) is 56.1 Å². The third-order valence-electron chi connectivity index (χ3n) is 7.44. The quantitative estimate of drug-likeness (QED) is 0.587. The van der Waals surface area contributed by atoms with Crippen LogP contribution in [-0.4, -0.2) is 36.4 Å². The first-order valence-corrected chi connectivity index (χ1v) is 12.3. The summed E-state index contributed by atoms with van der Waals surface area (Å²) in [4.78, 5) is 27.9. The number of piperidine rings is 1. The molecular weight excluding hydrogens is 455 g/mol. The summed E-state index contributed by atoms with van der Waals surface area (Å²) in [6, 6.07) is 11.8. The number of halogens is 2. The summed E-state index contributed by atoms with van der Waals surface area (Å²) >= 11 is 6.13. The van der Waals surface area contributed by atoms with Gasteiger partial charge in [0.2, 0.25) is 11.8 Å². The number of hydrogen-bond acceptors (Lipinski definition) is 3. The van der Waals surface area contributed by atoms with Crippen LogP contribution in [0.25, 0.3) is 0 Å². The molecular formula is C27H32ClFN2O3. The average Bonchev–Trinajstić information content (AvgIpc) is 3.31. The van der Waals surface area contributed by atoms with E-state index in [0.717, 1.165) is 49.7 Å². The molecule has 2 N–H and O–H groups in total. The standard InChI is InChI=1S/C27H32ClFN2O3/c1-19-15-22(9-10-23(19)28)34-18-26(16-24(30)32)11-4-14-31(17-26)25(33)27(12-2-3-13-27)20-5-7-21(29)8-6-20/h5-10,15H,2-4,11-14,16-18H2,1H3,(H2,30,32)/t26-/m1/s1. The molecule has 2 amide bonds. The Morgan fingerprint density at radius 3 is 2.44 bits per heavy atom. The van der Waals surface area contributed by atoms with Crippen molar-refractivity contribution >= 4 is 23.4 Å². The number of amides is 2. The van der Waals surface area contributed by atoms with Crippen molar-refractivity contribution in [1.29, 1.82) is 0 Å². The molecule has 34 heavy (non-hydrogen) atoms. The average molecular weight is 487 g/mol. The fourth-order valence-electron chi connectivity index (χ4n) is 5.68. The number of ether oxygens (including phenoxy) is 1. The van der Waals surface area contributed by atoms with E-state index in [1.54, 1.807) is 24.3 Å². The lowest BCUT2D eigenvalue weighted by Gasteiger charge is -2.45. The first kappa shape index (κ1) is 24.5. The number of benzene rings is 2. The fourth-order valence-corrected chi connectivity index (χ4v) is 5.80. The summed E-state index contributed by atoms with van der Waals surface area (Å²) in [7, 11) is 0. The van der Waals surface area contributed by atoms with E-state index in [0.29, 0.717) is 23.9 Å². The Kier molecular flexibility index (Phi) is 7.17. The Morgan fingerprint density at radius 1 is 1.09 bits per heavy atom. The molecule has 0 bridgehead atoms. The second-order valence-electron chi connectivity index (χ2n) is 9.97. The first-order valence-electron chi connectivity index (χ1n) is 12.0. The van der Waals surface area contributed by atoms with Gasteiger partial charge >= 0.3 is 0 Å². The number of nitrogens with two attached hydrogens (primary N) is 1. The zero-order valence-corrected chi connectivity index (χ0v) is 20.4. The van der Waals surface area contributed by atoms with Gasteiger partial charge in [-0.05, 0) is 74.1 Å². The van der Waals surface area contributed by atoms with Crippen LogP contribution in [0.2, 0.25) is 5.02 Å². The van der Waals surface area contributed by atoms with E-state index in [2.05, 4.69) is 0 Å². The molecule has 1 aliphatic heterocycles. The Balaban J connectivity index is 1.57. The highest BCUT2D eigenvalue weighted by Crippen LogP contribution is 2.44. The number of carbonyl (C=O) groups excluding carboxylic acids is 2. The summed E-state index contributed by atoms with van der Waals surface area (Å²) in [6.07, 6.45) is 5.07. The van der Waals surface area contributed by atoms with Crippen molar-refractivity contribution in [3.05, 3.63) is 64.4 Å². The molecule has 2 aromatic carbocycles. The van der Waals surface area contributed by atoms with Gasteiger partial charge in [-0.15, -0.1) is 0 Å². The monoisotopic (exact) mass is 486 g/mol. The van der Waals surface area contributed by atoms with Crippen molar-refractivity contribution in [2.24, 2.45) is 11.1 Å². The van der Waals surface area contributed by atoms with Gasteiger partial charge in [0.25, 0.3) is 0 Å². The number of likely N-dealkylation sites (tertiary alicyclic amines) is 1. The van der Waals surface area contributed by atoms with E-state index in [9.17, 15) is 14.0 Å². The summed E-state index contributed by atoms with van der Waals surface area (Å²) in [5.74, 6) is 0.0249. The van der Waals surface area contributed by atoms with Gasteiger partial charge in [0.1, 0.15) is 11.6 Å². The van der Waals surface area contributed by atoms with Crippen LogP contribution in [0.4, 0.5) is 4.39 Å². The predicted octanol–water partition coefficient (Wildman–Crippen LogP) is 5.16. The van der Waals surface area contributed by atoms with E-state index in [1.807, 2.05) is 17.9 Å². The molecule has 1 atom stereocenters. The van der Waals surface area contributed by atoms with Gasteiger partial charge in [-0.25, -0.2) is 4.39 Å². The maximum Gasteiger partial charge on any atom is 0.233 e. The fraction of sp³-hybridized carbons (Fsp3) is 0.481. The third-order valence-corrected chi connectivity index (χ3v) is 7.86. The molecule has 2 fully saturated rings. The van der Waals surface area contributed by atoms with Crippen molar-refractivity contribution in [2.45, 2.75) is 57.3 Å². The highest BCUT2D eigenvalue weighted by atomic mass is 35.5. The maximum atomic E-state index is 14.0. The van der Waals surface area contributed by atoms with E-state index < -0.39 is 16.7 Å². The van der Waals surface area contributed by atoms with Crippen LogP contribution in [-0.2, 0) is 15.0 Å². The van der Waals surface area contributed by atoms with Crippen molar-refractivity contribution in [3.8, 4) is 5.75 Å². The van der Waals surface area contributed by atoms with Crippen LogP contribution in [0, 0.1) is 18.2 Å². The van der Waals surface area contributed by atoms with Crippen LogP contribution < -0.4 is 10.5 Å². The summed E-state index contributed by atoms with van der Waals surface area (Å²) in [6.45, 7) is 3.23. The number of nitrogens with zero attached hydrogens (tertiary/aromatic N) is 1. The number of carbonyl (C=O) groups is 2. The Bertz CT molecular complexity index is 1050. The number of rotatable bonds is 7. The number of hydrogen-bond donors (Lipinski definition) is 1. The molecule has 0 radical (unpaired) electrons. The van der Waals surface area contributed by atoms with E-state index in [4.69, 9.17) is 22.1 Å². The van der Waals surface area contributed by atoms with Crippen LogP contribution in [0.15, 0.2) is 42.5 Å². The lowest BCUT2D eigenvalue weighted by molar-refractivity contribution is -0.143. The molecule has 1 saturated carbocycles. The Labute approximate surface area is 205 Å². The van der Waals surface area contributed by atoms with Crippen LogP contribution >= 0.6 is 11.6 Å². The second-order valence-corrected chi connectivity index (χ2v) is 10.4. The summed E-state index contributed by atoms with van der Waals surface area (Å²) in [5, 5.41) is 0.663. The normalized spacial score (nSPS) is 21.9. The lowest BCUT2D eigenvalue weighted by Crippen LogP contribution is -2.54. The molecule has 2 aromatic rings. The molecule has 1 saturated heterocycles. The van der Waals surface area contributed by atoms with Gasteiger partial charge in [0.15, 0.2) is 0 Å². The van der Waals surface area contributed by atoms with Gasteiger partial charge in [0, 0.05) is 29.9 Å². The zero-order valence-electron chi connectivity index (χ0n) is 19.6. The molecule has 2 aliphatic rings. The SMILES string of the molecule is Cc1cc(OC[C@@]2(CC(N)=O)CCCN(C(=O)C3(c4ccc(F)cc4)CCCC3)C2)ccc1Cl. The van der Waals surface area contributed by atoms with E-state index in [-0.39, 0.29) is 24.8 Å². The van der Waals surface area contributed by atoms with Gasteiger partial charge in [-0.1, -0.05) is 36.6 Å². The Morgan fingerprint density at radius 2 is 1.79 bits per heavy atom. The lowest BCUT2D eigenvalue weighted by atomic mass is 9.74.